The molecule has 1 unspecified atom stereocenters. The van der Waals surface area contributed by atoms with Gasteiger partial charge >= 0.3 is 0 Å². The van der Waals surface area contributed by atoms with Crippen LogP contribution >= 0.6 is 0 Å². The van der Waals surface area contributed by atoms with Crippen LogP contribution in [0, 0.1) is 6.92 Å². The van der Waals surface area contributed by atoms with E-state index in [1.54, 1.807) is 14.2 Å². The van der Waals surface area contributed by atoms with Gasteiger partial charge in [0.2, 0.25) is 0 Å². The number of methoxy groups -OCH3 is 2. The normalized spacial score (nSPS) is 21.4. The molecular formula is C28H35N3O4. The summed E-state index contributed by atoms with van der Waals surface area (Å²) in [4.78, 5) is 20.7. The molecule has 2 aliphatic heterocycles. The molecule has 0 radical (unpaired) electrons. The van der Waals surface area contributed by atoms with Crippen molar-refractivity contribution in [2.24, 2.45) is 0 Å². The number of rotatable bonds is 6. The first-order chi connectivity index (χ1) is 17.1. The van der Waals surface area contributed by atoms with Gasteiger partial charge in [-0.3, -0.25) is 9.69 Å². The average molecular weight is 478 g/mol. The number of carbonyl (C=O) groups is 1. The number of H-pyrrole nitrogens is 1. The Hall–Kier alpha value is -2.87. The van der Waals surface area contributed by atoms with Crippen LogP contribution in [0.15, 0.2) is 42.6 Å². The maximum absolute atomic E-state index is 12.9. The molecule has 1 amide bonds. The number of likely N-dealkylation sites (tertiary alicyclic amines) is 1. The molecule has 1 aromatic heterocycles. The highest BCUT2D eigenvalue weighted by Gasteiger charge is 2.31. The standard InChI is InChI=1S/C28H35N3O4/c1-19-16-26(34-3)24(23-8-10-29-27(19)23)18-31-11-9-22(33-2)17-25(31)20-4-6-21(7-5-20)28(32)30-12-14-35-15-13-30/h4-8,10,16,22,25,29H,9,11-15,17-18H2,1-3H3/t22-,25?/m0/s1. The van der Waals surface area contributed by atoms with Crippen LogP contribution in [0.1, 0.15) is 45.9 Å². The molecule has 35 heavy (non-hydrogen) atoms. The second kappa shape index (κ2) is 10.4. The summed E-state index contributed by atoms with van der Waals surface area (Å²) < 4.78 is 17.0. The molecule has 186 valence electrons. The molecule has 7 nitrogen and oxygen atoms in total. The van der Waals surface area contributed by atoms with E-state index in [9.17, 15) is 4.79 Å². The number of piperidine rings is 1. The van der Waals surface area contributed by atoms with E-state index in [1.807, 2.05) is 23.2 Å². The van der Waals surface area contributed by atoms with Gasteiger partial charge in [0.1, 0.15) is 5.75 Å². The van der Waals surface area contributed by atoms with Crippen LogP contribution in [0.3, 0.4) is 0 Å². The Morgan fingerprint density at radius 1 is 1.11 bits per heavy atom. The van der Waals surface area contributed by atoms with Crippen LogP contribution in [0.4, 0.5) is 0 Å². The van der Waals surface area contributed by atoms with Gasteiger partial charge in [-0.05, 0) is 55.2 Å². The molecule has 2 atom stereocenters. The lowest BCUT2D eigenvalue weighted by molar-refractivity contribution is 0.00674. The molecule has 3 heterocycles. The number of aromatic amines is 1. The predicted octanol–water partition coefficient (Wildman–Crippen LogP) is 4.31. The van der Waals surface area contributed by atoms with Gasteiger partial charge < -0.3 is 24.1 Å². The molecule has 1 N–H and O–H groups in total. The molecular weight excluding hydrogens is 442 g/mol. The van der Waals surface area contributed by atoms with Crippen molar-refractivity contribution in [1.29, 1.82) is 0 Å². The number of hydrogen-bond acceptors (Lipinski definition) is 5. The Labute approximate surface area is 206 Å². The molecule has 7 heteroatoms. The van der Waals surface area contributed by atoms with Gasteiger partial charge in [0.25, 0.3) is 5.91 Å². The van der Waals surface area contributed by atoms with Crippen molar-refractivity contribution in [2.75, 3.05) is 47.1 Å². The van der Waals surface area contributed by atoms with E-state index < -0.39 is 0 Å². The SMILES string of the molecule is COc1cc(C)c2[nH]ccc2c1CN1CC[C@H](OC)CC1c1ccc(C(=O)N2CCOCC2)cc1. The maximum atomic E-state index is 12.9. The Morgan fingerprint density at radius 3 is 2.60 bits per heavy atom. The van der Waals surface area contributed by atoms with Crippen molar-refractivity contribution in [3.63, 3.8) is 0 Å². The van der Waals surface area contributed by atoms with Crippen molar-refractivity contribution in [3.05, 3.63) is 64.8 Å². The Balaban J connectivity index is 1.42. The largest absolute Gasteiger partial charge is 0.496 e. The number of nitrogens with one attached hydrogen (secondary N) is 1. The van der Waals surface area contributed by atoms with E-state index in [1.165, 1.54) is 22.1 Å². The van der Waals surface area contributed by atoms with E-state index in [4.69, 9.17) is 14.2 Å². The number of ether oxygens (including phenoxy) is 3. The minimum Gasteiger partial charge on any atom is -0.496 e. The van der Waals surface area contributed by atoms with E-state index >= 15 is 0 Å². The highest BCUT2D eigenvalue weighted by atomic mass is 16.5. The molecule has 2 fully saturated rings. The number of morpholine rings is 1. The van der Waals surface area contributed by atoms with E-state index in [2.05, 4.69) is 41.1 Å². The van der Waals surface area contributed by atoms with Gasteiger partial charge in [-0.2, -0.15) is 0 Å². The first-order valence-electron chi connectivity index (χ1n) is 12.5. The van der Waals surface area contributed by atoms with Crippen LogP contribution < -0.4 is 4.74 Å². The maximum Gasteiger partial charge on any atom is 0.254 e. The fourth-order valence-corrected chi connectivity index (χ4v) is 5.51. The van der Waals surface area contributed by atoms with Crippen LogP contribution in [-0.4, -0.2) is 73.9 Å². The third kappa shape index (κ3) is 4.81. The Bertz CT molecular complexity index is 1170. The lowest BCUT2D eigenvalue weighted by atomic mass is 9.91. The summed E-state index contributed by atoms with van der Waals surface area (Å²) in [5.74, 6) is 1.00. The van der Waals surface area contributed by atoms with E-state index in [0.717, 1.165) is 42.8 Å². The number of carbonyl (C=O) groups excluding carboxylic acids is 1. The number of nitrogens with zero attached hydrogens (tertiary/aromatic N) is 2. The zero-order valence-electron chi connectivity index (χ0n) is 20.9. The number of aryl methyl sites for hydroxylation is 1. The van der Waals surface area contributed by atoms with Crippen LogP contribution in [0.2, 0.25) is 0 Å². The smallest absolute Gasteiger partial charge is 0.254 e. The van der Waals surface area contributed by atoms with Gasteiger partial charge in [-0.15, -0.1) is 0 Å². The first-order valence-corrected chi connectivity index (χ1v) is 12.5. The lowest BCUT2D eigenvalue weighted by Gasteiger charge is -2.39. The van der Waals surface area contributed by atoms with Crippen molar-refractivity contribution < 1.29 is 19.0 Å². The molecule has 5 rings (SSSR count). The van der Waals surface area contributed by atoms with Crippen LogP contribution in [0.25, 0.3) is 10.9 Å². The van der Waals surface area contributed by atoms with Crippen molar-refractivity contribution >= 4 is 16.8 Å². The molecule has 0 aliphatic carbocycles. The molecule has 2 aromatic carbocycles. The topological polar surface area (TPSA) is 67.0 Å². The number of fused-ring (bicyclic) bond motifs is 1. The van der Waals surface area contributed by atoms with E-state index in [-0.39, 0.29) is 18.1 Å². The van der Waals surface area contributed by atoms with Gasteiger partial charge in [0.15, 0.2) is 0 Å². The molecule has 2 aliphatic rings. The summed E-state index contributed by atoms with van der Waals surface area (Å²) in [6.07, 6.45) is 4.13. The fraction of sp³-hybridized carbons (Fsp3) is 0.464. The van der Waals surface area contributed by atoms with Crippen molar-refractivity contribution in [2.45, 2.75) is 38.5 Å². The second-order valence-corrected chi connectivity index (χ2v) is 9.54. The minimum atomic E-state index is 0.0781. The number of benzene rings is 2. The number of aromatic nitrogens is 1. The quantitative estimate of drug-likeness (QED) is 0.573. The third-order valence-corrected chi connectivity index (χ3v) is 7.53. The number of amides is 1. The van der Waals surface area contributed by atoms with Crippen LogP contribution in [0.5, 0.6) is 5.75 Å². The zero-order chi connectivity index (χ0) is 24.4. The monoisotopic (exact) mass is 477 g/mol. The number of hydrogen-bond donors (Lipinski definition) is 1. The Kier molecular flexibility index (Phi) is 7.09. The summed E-state index contributed by atoms with van der Waals surface area (Å²) in [6, 6.07) is 12.6. The third-order valence-electron chi connectivity index (χ3n) is 7.53. The summed E-state index contributed by atoms with van der Waals surface area (Å²) in [6.45, 7) is 6.34. The molecule has 2 saturated heterocycles. The van der Waals surface area contributed by atoms with Crippen molar-refractivity contribution in [1.82, 2.24) is 14.8 Å². The summed E-state index contributed by atoms with van der Waals surface area (Å²) >= 11 is 0. The van der Waals surface area contributed by atoms with Gasteiger partial charge in [0, 0.05) is 67.6 Å². The zero-order valence-corrected chi connectivity index (χ0v) is 20.9. The fourth-order valence-electron chi connectivity index (χ4n) is 5.51. The van der Waals surface area contributed by atoms with Gasteiger partial charge in [-0.25, -0.2) is 0 Å². The minimum absolute atomic E-state index is 0.0781. The molecule has 3 aromatic rings. The lowest BCUT2D eigenvalue weighted by Crippen LogP contribution is -2.40. The van der Waals surface area contributed by atoms with Crippen molar-refractivity contribution in [3.8, 4) is 5.75 Å². The van der Waals surface area contributed by atoms with Gasteiger partial charge in [0.05, 0.1) is 26.4 Å². The highest BCUT2D eigenvalue weighted by molar-refractivity contribution is 5.94. The van der Waals surface area contributed by atoms with Crippen LogP contribution in [-0.2, 0) is 16.0 Å². The molecule has 0 saturated carbocycles. The average Bonchev–Trinajstić information content (AvgIpc) is 3.41. The highest BCUT2D eigenvalue weighted by Crippen LogP contribution is 2.37. The van der Waals surface area contributed by atoms with Gasteiger partial charge in [-0.1, -0.05) is 12.1 Å². The second-order valence-electron chi connectivity index (χ2n) is 9.54. The van der Waals surface area contributed by atoms with E-state index in [0.29, 0.717) is 26.3 Å². The summed E-state index contributed by atoms with van der Waals surface area (Å²) in [7, 11) is 3.55. The molecule has 0 spiro atoms. The first kappa shape index (κ1) is 23.9. The summed E-state index contributed by atoms with van der Waals surface area (Å²) in [5.41, 5.74) is 5.49. The summed E-state index contributed by atoms with van der Waals surface area (Å²) in [5, 5.41) is 1.21. The predicted molar refractivity (Wildman–Crippen MR) is 136 cm³/mol. The molecule has 0 bridgehead atoms. The Morgan fingerprint density at radius 2 is 1.89 bits per heavy atom.